The van der Waals surface area contributed by atoms with Gasteiger partial charge >= 0.3 is 0 Å². The maximum absolute atomic E-state index is 12.6. The van der Waals surface area contributed by atoms with Gasteiger partial charge in [0.15, 0.2) is 5.58 Å². The van der Waals surface area contributed by atoms with Crippen LogP contribution in [0.4, 0.5) is 0 Å². The second-order valence-corrected chi connectivity index (χ2v) is 7.25. The van der Waals surface area contributed by atoms with Crippen LogP contribution in [0.1, 0.15) is 22.0 Å². The van der Waals surface area contributed by atoms with E-state index in [0.29, 0.717) is 16.9 Å². The first-order chi connectivity index (χ1) is 11.5. The first-order valence-electron chi connectivity index (χ1n) is 7.31. The molecule has 2 aromatic carbocycles. The van der Waals surface area contributed by atoms with Crippen molar-refractivity contribution in [1.82, 2.24) is 10.3 Å². The Morgan fingerprint density at radius 3 is 2.75 bits per heavy atom. The Balaban J connectivity index is 1.86. The topological polar surface area (TPSA) is 75.1 Å². The number of rotatable bonds is 5. The molecule has 0 saturated carbocycles. The lowest BCUT2D eigenvalue weighted by Gasteiger charge is -2.18. The summed E-state index contributed by atoms with van der Waals surface area (Å²) in [6, 6.07) is 14.3. The summed E-state index contributed by atoms with van der Waals surface area (Å²) in [5.41, 5.74) is 2.65. The van der Waals surface area contributed by atoms with Crippen molar-refractivity contribution < 1.29 is 13.4 Å². The van der Waals surface area contributed by atoms with Crippen LogP contribution in [0.3, 0.4) is 0 Å². The number of amides is 1. The summed E-state index contributed by atoms with van der Waals surface area (Å²) in [5, 5.41) is 2.94. The van der Waals surface area contributed by atoms with Crippen molar-refractivity contribution >= 4 is 40.0 Å². The molecule has 5 nitrogen and oxygen atoms in total. The smallest absolute Gasteiger partial charge is 0.266 e. The number of oxazole rings is 1. The molecular weight excluding hydrogens is 344 g/mol. The highest BCUT2D eigenvalue weighted by atomic mass is 32.2. The van der Waals surface area contributed by atoms with Crippen LogP contribution in [0.15, 0.2) is 52.9 Å². The van der Waals surface area contributed by atoms with Crippen LogP contribution in [-0.2, 0) is 10.8 Å². The summed E-state index contributed by atoms with van der Waals surface area (Å²) >= 11 is 4.95. The summed E-state index contributed by atoms with van der Waals surface area (Å²) < 4.78 is 17.0. The van der Waals surface area contributed by atoms with Crippen molar-refractivity contribution in [2.75, 3.05) is 12.0 Å². The van der Waals surface area contributed by atoms with Gasteiger partial charge in [-0.25, -0.2) is 0 Å². The van der Waals surface area contributed by atoms with Gasteiger partial charge in [-0.05, 0) is 36.0 Å². The number of H-pyrrole nitrogens is 1. The van der Waals surface area contributed by atoms with Crippen molar-refractivity contribution in [2.24, 2.45) is 0 Å². The van der Waals surface area contributed by atoms with Gasteiger partial charge in [-0.1, -0.05) is 30.3 Å². The molecule has 2 atom stereocenters. The fourth-order valence-electron chi connectivity index (χ4n) is 2.47. The Morgan fingerprint density at radius 2 is 2.04 bits per heavy atom. The normalized spacial score (nSPS) is 13.5. The van der Waals surface area contributed by atoms with E-state index >= 15 is 0 Å². The molecule has 1 aromatic heterocycles. The lowest BCUT2D eigenvalue weighted by atomic mass is 10.1. The highest BCUT2D eigenvalue weighted by Crippen LogP contribution is 2.18. The van der Waals surface area contributed by atoms with Gasteiger partial charge in [-0.2, -0.15) is 0 Å². The van der Waals surface area contributed by atoms with Crippen molar-refractivity contribution in [2.45, 2.75) is 6.04 Å². The quantitative estimate of drug-likeness (QED) is 0.684. The second-order valence-electron chi connectivity index (χ2n) is 5.40. The van der Waals surface area contributed by atoms with E-state index < -0.39 is 10.8 Å². The average molecular weight is 360 g/mol. The van der Waals surface area contributed by atoms with Crippen molar-refractivity contribution in [3.8, 4) is 0 Å². The summed E-state index contributed by atoms with van der Waals surface area (Å²) in [7, 11) is -1.04. The summed E-state index contributed by atoms with van der Waals surface area (Å²) in [5.74, 6) is 0.0987. The third kappa shape index (κ3) is 3.80. The molecule has 0 unspecified atom stereocenters. The minimum Gasteiger partial charge on any atom is -0.429 e. The van der Waals surface area contributed by atoms with Gasteiger partial charge in [0.05, 0.1) is 11.6 Å². The van der Waals surface area contributed by atoms with Gasteiger partial charge in [0.2, 0.25) is 0 Å². The SMILES string of the molecule is C[S@](=O)C[C@@H](NC(=O)c1ccc2[nH]c(=S)oc2c1)c1ccccc1. The highest BCUT2D eigenvalue weighted by molar-refractivity contribution is 7.84. The summed E-state index contributed by atoms with van der Waals surface area (Å²) in [6.07, 6.45) is 1.62. The van der Waals surface area contributed by atoms with E-state index in [9.17, 15) is 9.00 Å². The first-order valence-corrected chi connectivity index (χ1v) is 9.45. The van der Waals surface area contributed by atoms with Crippen LogP contribution in [0.5, 0.6) is 0 Å². The molecule has 0 spiro atoms. The molecular formula is C17H16N2O3S2. The van der Waals surface area contributed by atoms with Crippen LogP contribution in [0.2, 0.25) is 0 Å². The molecule has 3 aromatic rings. The lowest BCUT2D eigenvalue weighted by molar-refractivity contribution is 0.0940. The van der Waals surface area contributed by atoms with Gasteiger partial charge in [0.25, 0.3) is 10.7 Å². The zero-order chi connectivity index (χ0) is 17.1. The van der Waals surface area contributed by atoms with E-state index in [1.54, 1.807) is 24.5 Å². The van der Waals surface area contributed by atoms with E-state index in [2.05, 4.69) is 10.3 Å². The lowest BCUT2D eigenvalue weighted by Crippen LogP contribution is -2.31. The maximum atomic E-state index is 12.6. The summed E-state index contributed by atoms with van der Waals surface area (Å²) in [6.45, 7) is 0. The predicted octanol–water partition coefficient (Wildman–Crippen LogP) is 3.34. The molecule has 1 heterocycles. The monoisotopic (exact) mass is 360 g/mol. The van der Waals surface area contributed by atoms with Crippen LogP contribution in [-0.4, -0.2) is 27.1 Å². The molecule has 24 heavy (non-hydrogen) atoms. The standard InChI is InChI=1S/C17H16N2O3S2/c1-24(21)10-14(11-5-3-2-4-6-11)18-16(20)12-7-8-13-15(9-12)22-17(23)19-13/h2-9,14H,10H2,1H3,(H,18,20)(H,19,23)/t14-,24+/m1/s1. The van der Waals surface area contributed by atoms with Gasteiger partial charge in [-0.3, -0.25) is 9.00 Å². The Kier molecular flexibility index (Phi) is 4.92. The number of fused-ring (bicyclic) bond motifs is 1. The molecule has 7 heteroatoms. The van der Waals surface area contributed by atoms with E-state index in [-0.39, 0.29) is 16.8 Å². The molecule has 0 aliphatic carbocycles. The Morgan fingerprint density at radius 1 is 1.29 bits per heavy atom. The third-order valence-electron chi connectivity index (χ3n) is 3.59. The van der Waals surface area contributed by atoms with Crippen molar-refractivity contribution in [1.29, 1.82) is 0 Å². The minimum atomic E-state index is -1.04. The van der Waals surface area contributed by atoms with Crippen molar-refractivity contribution in [3.63, 3.8) is 0 Å². The molecule has 1 amide bonds. The largest absolute Gasteiger partial charge is 0.429 e. The maximum Gasteiger partial charge on any atom is 0.266 e. The van der Waals surface area contributed by atoms with E-state index in [4.69, 9.17) is 16.6 Å². The molecule has 0 fully saturated rings. The van der Waals surface area contributed by atoms with Crippen LogP contribution in [0, 0.1) is 4.84 Å². The Labute approximate surface area is 146 Å². The molecule has 0 aliphatic heterocycles. The van der Waals surface area contributed by atoms with Crippen LogP contribution < -0.4 is 5.32 Å². The fraction of sp³-hybridized carbons (Fsp3) is 0.176. The first kappa shape index (κ1) is 16.6. The van der Waals surface area contributed by atoms with E-state index in [0.717, 1.165) is 11.1 Å². The van der Waals surface area contributed by atoms with Gasteiger partial charge in [0.1, 0.15) is 0 Å². The molecule has 2 N–H and O–H groups in total. The Hall–Kier alpha value is -2.25. The molecule has 0 saturated heterocycles. The molecule has 0 radical (unpaired) electrons. The minimum absolute atomic E-state index is 0.251. The van der Waals surface area contributed by atoms with Crippen molar-refractivity contribution in [3.05, 3.63) is 64.5 Å². The number of benzene rings is 2. The number of hydrogen-bond acceptors (Lipinski definition) is 4. The van der Waals surface area contributed by atoms with E-state index in [1.807, 2.05) is 30.3 Å². The zero-order valence-corrected chi connectivity index (χ0v) is 14.6. The van der Waals surface area contributed by atoms with Gasteiger partial charge in [0, 0.05) is 28.4 Å². The molecule has 124 valence electrons. The highest BCUT2D eigenvalue weighted by Gasteiger charge is 2.17. The average Bonchev–Trinajstić information content (AvgIpc) is 2.93. The third-order valence-corrected chi connectivity index (χ3v) is 4.58. The summed E-state index contributed by atoms with van der Waals surface area (Å²) in [4.78, 5) is 15.7. The number of aromatic amines is 1. The number of carbonyl (C=O) groups is 1. The fourth-order valence-corrected chi connectivity index (χ4v) is 3.41. The van der Waals surface area contributed by atoms with Crippen LogP contribution >= 0.6 is 12.2 Å². The molecule has 3 rings (SSSR count). The molecule has 0 bridgehead atoms. The molecule has 0 aliphatic rings. The Bertz CT molecular complexity index is 947. The number of nitrogens with one attached hydrogen (secondary N) is 2. The second kappa shape index (κ2) is 7.11. The van der Waals surface area contributed by atoms with Crippen LogP contribution in [0.25, 0.3) is 11.1 Å². The number of aromatic nitrogens is 1. The van der Waals surface area contributed by atoms with Gasteiger partial charge < -0.3 is 14.7 Å². The van der Waals surface area contributed by atoms with Gasteiger partial charge in [-0.15, -0.1) is 0 Å². The number of hydrogen-bond donors (Lipinski definition) is 2. The number of carbonyl (C=O) groups excluding carboxylic acids is 1. The predicted molar refractivity (Wildman–Crippen MR) is 97.0 cm³/mol. The zero-order valence-electron chi connectivity index (χ0n) is 12.9. The van der Waals surface area contributed by atoms with E-state index in [1.165, 1.54) is 0 Å².